The third-order valence-corrected chi connectivity index (χ3v) is 4.46. The van der Waals surface area contributed by atoms with Crippen molar-refractivity contribution in [2.24, 2.45) is 10.7 Å². The van der Waals surface area contributed by atoms with E-state index in [2.05, 4.69) is 29.1 Å². The third kappa shape index (κ3) is 4.96. The van der Waals surface area contributed by atoms with Gasteiger partial charge in [-0.2, -0.15) is 0 Å². The molecular weight excluding hydrogens is 344 g/mol. The zero-order valence-corrected chi connectivity index (χ0v) is 16.8. The van der Waals surface area contributed by atoms with Crippen LogP contribution in [-0.4, -0.2) is 63.8 Å². The number of piperazine rings is 1. The van der Waals surface area contributed by atoms with E-state index in [1.54, 1.807) is 18.3 Å². The second-order valence-electron chi connectivity index (χ2n) is 7.61. The molecule has 0 atom stereocenters. The van der Waals surface area contributed by atoms with Crippen molar-refractivity contribution in [3.63, 3.8) is 0 Å². The Morgan fingerprint density at radius 1 is 1.41 bits per heavy atom. The molecule has 1 aliphatic rings. The van der Waals surface area contributed by atoms with Crippen LogP contribution < -0.4 is 11.1 Å². The summed E-state index contributed by atoms with van der Waals surface area (Å²) in [6.07, 6.45) is 1.60. The molecular formula is C19H30N6O2. The van der Waals surface area contributed by atoms with Gasteiger partial charge in [0, 0.05) is 25.3 Å². The van der Waals surface area contributed by atoms with Gasteiger partial charge in [-0.1, -0.05) is 6.07 Å². The van der Waals surface area contributed by atoms with Crippen molar-refractivity contribution in [1.29, 1.82) is 0 Å². The van der Waals surface area contributed by atoms with Crippen LogP contribution in [-0.2, 0) is 11.3 Å². The molecule has 1 fully saturated rings. The SMILES string of the molecule is CCNC(=NCc1ccc(C(N)=O)nc1)N1CC(=O)N(C(C)C)C(C)(C)C1. The molecule has 0 aromatic carbocycles. The van der Waals surface area contributed by atoms with Gasteiger partial charge in [-0.15, -0.1) is 0 Å². The van der Waals surface area contributed by atoms with Crippen LogP contribution in [0.4, 0.5) is 0 Å². The van der Waals surface area contributed by atoms with Crippen molar-refractivity contribution in [2.75, 3.05) is 19.6 Å². The maximum atomic E-state index is 12.7. The van der Waals surface area contributed by atoms with E-state index in [0.29, 0.717) is 32.1 Å². The lowest BCUT2D eigenvalue weighted by Gasteiger charge is -2.49. The number of carbonyl (C=O) groups is 2. The fraction of sp³-hybridized carbons (Fsp3) is 0.579. The first-order valence-corrected chi connectivity index (χ1v) is 9.26. The van der Waals surface area contributed by atoms with Crippen LogP contribution in [0.3, 0.4) is 0 Å². The monoisotopic (exact) mass is 374 g/mol. The first kappa shape index (κ1) is 20.7. The Labute approximate surface area is 160 Å². The number of hydrogen-bond donors (Lipinski definition) is 2. The number of guanidine groups is 1. The number of aliphatic imine (C=N–C) groups is 1. The summed E-state index contributed by atoms with van der Waals surface area (Å²) in [7, 11) is 0. The van der Waals surface area contributed by atoms with Crippen LogP contribution in [0, 0.1) is 0 Å². The van der Waals surface area contributed by atoms with Crippen LogP contribution in [0.15, 0.2) is 23.3 Å². The number of hydrogen-bond acceptors (Lipinski definition) is 4. The summed E-state index contributed by atoms with van der Waals surface area (Å²) in [5, 5.41) is 3.27. The average Bonchev–Trinajstić information content (AvgIpc) is 2.57. The number of amides is 2. The molecule has 2 heterocycles. The molecule has 1 aromatic rings. The topological polar surface area (TPSA) is 104 Å². The van der Waals surface area contributed by atoms with Gasteiger partial charge < -0.3 is 20.9 Å². The molecule has 0 saturated carbocycles. The standard InChI is InChI=1S/C19H30N6O2/c1-6-21-18(23-10-14-7-8-15(17(20)27)22-9-14)24-11-16(26)25(13(2)3)19(4,5)12-24/h7-9,13H,6,10-12H2,1-5H3,(H2,20,27)(H,21,23). The number of rotatable bonds is 5. The van der Waals surface area contributed by atoms with E-state index in [0.717, 1.165) is 5.56 Å². The molecule has 0 bridgehead atoms. The molecule has 8 nitrogen and oxygen atoms in total. The molecule has 2 amide bonds. The minimum Gasteiger partial charge on any atom is -0.364 e. The van der Waals surface area contributed by atoms with Crippen LogP contribution in [0.1, 0.15) is 50.7 Å². The molecule has 1 aliphatic heterocycles. The first-order valence-electron chi connectivity index (χ1n) is 9.26. The van der Waals surface area contributed by atoms with Crippen molar-refractivity contribution in [2.45, 2.75) is 52.7 Å². The van der Waals surface area contributed by atoms with Gasteiger partial charge in [0.1, 0.15) is 5.69 Å². The molecule has 0 spiro atoms. The number of aromatic nitrogens is 1. The number of pyridine rings is 1. The van der Waals surface area contributed by atoms with Gasteiger partial charge in [0.05, 0.1) is 18.6 Å². The number of carbonyl (C=O) groups excluding carboxylic acids is 2. The number of nitrogens with one attached hydrogen (secondary N) is 1. The molecule has 148 valence electrons. The number of nitrogens with zero attached hydrogens (tertiary/aromatic N) is 4. The smallest absolute Gasteiger partial charge is 0.267 e. The van der Waals surface area contributed by atoms with E-state index in [1.165, 1.54) is 0 Å². The Morgan fingerprint density at radius 3 is 2.59 bits per heavy atom. The zero-order chi connectivity index (χ0) is 20.2. The van der Waals surface area contributed by atoms with Crippen LogP contribution in [0.2, 0.25) is 0 Å². The predicted molar refractivity (Wildman–Crippen MR) is 105 cm³/mol. The van der Waals surface area contributed by atoms with Crippen molar-refractivity contribution in [3.8, 4) is 0 Å². The summed E-state index contributed by atoms with van der Waals surface area (Å²) < 4.78 is 0. The van der Waals surface area contributed by atoms with E-state index < -0.39 is 5.91 Å². The van der Waals surface area contributed by atoms with Gasteiger partial charge in [0.15, 0.2) is 5.96 Å². The Bertz CT molecular complexity index is 711. The quantitative estimate of drug-likeness (QED) is 0.590. The van der Waals surface area contributed by atoms with Gasteiger partial charge >= 0.3 is 0 Å². The second kappa shape index (κ2) is 8.37. The van der Waals surface area contributed by atoms with E-state index in [-0.39, 0.29) is 23.2 Å². The summed E-state index contributed by atoms with van der Waals surface area (Å²) in [5.74, 6) is 0.239. The minimum atomic E-state index is -0.554. The highest BCUT2D eigenvalue weighted by atomic mass is 16.2. The molecule has 0 radical (unpaired) electrons. The Morgan fingerprint density at radius 2 is 2.11 bits per heavy atom. The first-order chi connectivity index (χ1) is 12.7. The van der Waals surface area contributed by atoms with E-state index >= 15 is 0 Å². The van der Waals surface area contributed by atoms with Gasteiger partial charge in [-0.3, -0.25) is 14.6 Å². The molecule has 1 aromatic heterocycles. The summed E-state index contributed by atoms with van der Waals surface area (Å²) >= 11 is 0. The van der Waals surface area contributed by atoms with Gasteiger partial charge in [-0.25, -0.2) is 4.99 Å². The predicted octanol–water partition coefficient (Wildman–Crippen LogP) is 0.977. The highest BCUT2D eigenvalue weighted by Gasteiger charge is 2.40. The molecule has 0 unspecified atom stereocenters. The fourth-order valence-electron chi connectivity index (χ4n) is 3.57. The molecule has 3 N–H and O–H groups in total. The van der Waals surface area contributed by atoms with Crippen molar-refractivity contribution < 1.29 is 9.59 Å². The normalized spacial score (nSPS) is 17.4. The molecule has 1 saturated heterocycles. The molecule has 8 heteroatoms. The zero-order valence-electron chi connectivity index (χ0n) is 16.8. The summed E-state index contributed by atoms with van der Waals surface area (Å²) in [6, 6.07) is 3.53. The molecule has 27 heavy (non-hydrogen) atoms. The number of primary amides is 1. The lowest BCUT2D eigenvalue weighted by molar-refractivity contribution is -0.145. The van der Waals surface area contributed by atoms with Gasteiger partial charge in [0.2, 0.25) is 5.91 Å². The highest BCUT2D eigenvalue weighted by molar-refractivity contribution is 5.90. The van der Waals surface area contributed by atoms with Crippen LogP contribution in [0.5, 0.6) is 0 Å². The minimum absolute atomic E-state index is 0.0966. The van der Waals surface area contributed by atoms with Crippen LogP contribution >= 0.6 is 0 Å². The summed E-state index contributed by atoms with van der Waals surface area (Å²) in [6.45, 7) is 12.3. The maximum absolute atomic E-state index is 12.7. The summed E-state index contributed by atoms with van der Waals surface area (Å²) in [5.41, 5.74) is 6.02. The fourth-order valence-corrected chi connectivity index (χ4v) is 3.57. The average molecular weight is 374 g/mol. The maximum Gasteiger partial charge on any atom is 0.267 e. The van der Waals surface area contributed by atoms with E-state index in [1.807, 2.05) is 30.6 Å². The third-order valence-electron chi connectivity index (χ3n) is 4.46. The lowest BCUT2D eigenvalue weighted by atomic mass is 9.96. The van der Waals surface area contributed by atoms with Gasteiger partial charge in [-0.05, 0) is 46.2 Å². The largest absolute Gasteiger partial charge is 0.364 e. The molecule has 2 rings (SSSR count). The number of nitrogens with two attached hydrogens (primary N) is 1. The second-order valence-corrected chi connectivity index (χ2v) is 7.61. The Balaban J connectivity index is 2.17. The Kier molecular flexibility index (Phi) is 6.41. The molecule has 0 aliphatic carbocycles. The highest BCUT2D eigenvalue weighted by Crippen LogP contribution is 2.24. The van der Waals surface area contributed by atoms with Crippen molar-refractivity contribution in [1.82, 2.24) is 20.1 Å². The van der Waals surface area contributed by atoms with Crippen molar-refractivity contribution >= 4 is 17.8 Å². The van der Waals surface area contributed by atoms with E-state index in [9.17, 15) is 9.59 Å². The van der Waals surface area contributed by atoms with Crippen LogP contribution in [0.25, 0.3) is 0 Å². The summed E-state index contributed by atoms with van der Waals surface area (Å²) in [4.78, 5) is 36.4. The van der Waals surface area contributed by atoms with Crippen molar-refractivity contribution in [3.05, 3.63) is 29.6 Å². The van der Waals surface area contributed by atoms with Gasteiger partial charge in [0.25, 0.3) is 5.91 Å². The van der Waals surface area contributed by atoms with E-state index in [4.69, 9.17) is 5.73 Å². The lowest BCUT2D eigenvalue weighted by Crippen LogP contribution is -2.66. The Hall–Kier alpha value is -2.64.